The Morgan fingerprint density at radius 1 is 1.15 bits per heavy atom. The molecule has 3 N–H and O–H groups in total. The summed E-state index contributed by atoms with van der Waals surface area (Å²) >= 11 is 0. The van der Waals surface area contributed by atoms with Gasteiger partial charge in [-0.05, 0) is 37.3 Å². The average molecular weight is 360 g/mol. The van der Waals surface area contributed by atoms with Gasteiger partial charge < -0.3 is 15.1 Å². The highest BCUT2D eigenvalue weighted by molar-refractivity contribution is 6.07. The van der Waals surface area contributed by atoms with Gasteiger partial charge in [-0.1, -0.05) is 6.07 Å². The fourth-order valence-electron chi connectivity index (χ4n) is 2.29. The molecule has 0 aliphatic heterocycles. The van der Waals surface area contributed by atoms with E-state index >= 15 is 0 Å². The van der Waals surface area contributed by atoms with Crippen LogP contribution in [0, 0.1) is 6.92 Å². The number of alkyl halides is 2. The first-order valence-electron chi connectivity index (χ1n) is 7.55. The van der Waals surface area contributed by atoms with Crippen molar-refractivity contribution in [2.24, 2.45) is 0 Å². The van der Waals surface area contributed by atoms with E-state index in [1.165, 1.54) is 31.4 Å². The smallest absolute Gasteiger partial charge is 0.291 e. The minimum absolute atomic E-state index is 0.0602. The first kappa shape index (κ1) is 17.3. The van der Waals surface area contributed by atoms with E-state index in [4.69, 9.17) is 4.42 Å². The average Bonchev–Trinajstić information content (AvgIpc) is 3.26. The Bertz CT molecular complexity index is 935. The molecule has 0 saturated carbocycles. The van der Waals surface area contributed by atoms with E-state index in [-0.39, 0.29) is 17.0 Å². The minimum atomic E-state index is -2.82. The van der Waals surface area contributed by atoms with Crippen molar-refractivity contribution in [3.05, 3.63) is 65.4 Å². The van der Waals surface area contributed by atoms with Gasteiger partial charge in [-0.3, -0.25) is 14.7 Å². The molecule has 2 aromatic heterocycles. The van der Waals surface area contributed by atoms with Gasteiger partial charge in [-0.25, -0.2) is 8.78 Å². The zero-order valence-corrected chi connectivity index (χ0v) is 13.5. The summed E-state index contributed by atoms with van der Waals surface area (Å²) in [4.78, 5) is 24.4. The van der Waals surface area contributed by atoms with Crippen LogP contribution in [0.1, 0.15) is 38.7 Å². The normalized spacial score (nSPS) is 10.8. The molecule has 0 spiro atoms. The molecule has 134 valence electrons. The van der Waals surface area contributed by atoms with Gasteiger partial charge in [0.1, 0.15) is 0 Å². The SMILES string of the molecule is Cc1[nH]nc(C(F)F)c1NC(=O)c1cccc(NC(=O)c2ccco2)c1. The number of carbonyl (C=O) groups excluding carboxylic acids is 2. The summed E-state index contributed by atoms with van der Waals surface area (Å²) in [6.07, 6.45) is -1.46. The number of aryl methyl sites for hydroxylation is 1. The van der Waals surface area contributed by atoms with Crippen molar-refractivity contribution >= 4 is 23.2 Å². The summed E-state index contributed by atoms with van der Waals surface area (Å²) in [6.45, 7) is 1.52. The Labute approximate surface area is 146 Å². The van der Waals surface area contributed by atoms with Crippen LogP contribution in [-0.2, 0) is 0 Å². The molecule has 0 atom stereocenters. The fourth-order valence-corrected chi connectivity index (χ4v) is 2.29. The van der Waals surface area contributed by atoms with Crippen LogP contribution in [0.25, 0.3) is 0 Å². The molecule has 2 heterocycles. The van der Waals surface area contributed by atoms with Crippen LogP contribution in [0.2, 0.25) is 0 Å². The number of H-pyrrole nitrogens is 1. The lowest BCUT2D eigenvalue weighted by Crippen LogP contribution is -2.15. The Balaban J connectivity index is 1.77. The number of carbonyl (C=O) groups is 2. The zero-order valence-electron chi connectivity index (χ0n) is 13.5. The van der Waals surface area contributed by atoms with Crippen molar-refractivity contribution < 1.29 is 22.8 Å². The van der Waals surface area contributed by atoms with Crippen LogP contribution < -0.4 is 10.6 Å². The molecule has 0 aliphatic carbocycles. The van der Waals surface area contributed by atoms with Crippen molar-refractivity contribution in [1.82, 2.24) is 10.2 Å². The van der Waals surface area contributed by atoms with E-state index in [1.807, 2.05) is 0 Å². The summed E-state index contributed by atoms with van der Waals surface area (Å²) in [6, 6.07) is 9.14. The van der Waals surface area contributed by atoms with Gasteiger partial charge in [-0.2, -0.15) is 5.10 Å². The maximum atomic E-state index is 12.9. The first-order chi connectivity index (χ1) is 12.5. The number of benzene rings is 1. The van der Waals surface area contributed by atoms with Crippen LogP contribution in [-0.4, -0.2) is 22.0 Å². The number of nitrogens with zero attached hydrogens (tertiary/aromatic N) is 1. The topological polar surface area (TPSA) is 100 Å². The number of amides is 2. The summed E-state index contributed by atoms with van der Waals surface area (Å²) in [5.41, 5.74) is 0.268. The number of aromatic amines is 1. The predicted molar refractivity (Wildman–Crippen MR) is 89.3 cm³/mol. The Morgan fingerprint density at radius 2 is 1.96 bits per heavy atom. The monoisotopic (exact) mass is 360 g/mol. The highest BCUT2D eigenvalue weighted by Crippen LogP contribution is 2.27. The van der Waals surface area contributed by atoms with Crippen molar-refractivity contribution in [2.75, 3.05) is 10.6 Å². The van der Waals surface area contributed by atoms with Crippen LogP contribution in [0.4, 0.5) is 20.2 Å². The number of furan rings is 1. The van der Waals surface area contributed by atoms with Gasteiger partial charge in [0.15, 0.2) is 11.5 Å². The number of nitrogens with one attached hydrogen (secondary N) is 3. The Morgan fingerprint density at radius 3 is 2.65 bits per heavy atom. The van der Waals surface area contributed by atoms with Crippen LogP contribution in [0.15, 0.2) is 47.1 Å². The number of hydrogen-bond donors (Lipinski definition) is 3. The highest BCUT2D eigenvalue weighted by Gasteiger charge is 2.21. The van der Waals surface area contributed by atoms with Gasteiger partial charge in [0, 0.05) is 11.3 Å². The molecule has 1 aromatic carbocycles. The lowest BCUT2D eigenvalue weighted by Gasteiger charge is -2.08. The number of aromatic nitrogens is 2. The quantitative estimate of drug-likeness (QED) is 0.645. The van der Waals surface area contributed by atoms with Crippen LogP contribution in [0.3, 0.4) is 0 Å². The third kappa shape index (κ3) is 3.61. The second kappa shape index (κ2) is 7.18. The van der Waals surface area contributed by atoms with E-state index in [0.717, 1.165) is 0 Å². The first-order valence-corrected chi connectivity index (χ1v) is 7.55. The molecule has 0 aliphatic rings. The Hall–Kier alpha value is -3.49. The van der Waals surface area contributed by atoms with Crippen molar-refractivity contribution in [3.8, 4) is 0 Å². The maximum Gasteiger partial charge on any atom is 0.291 e. The third-order valence-corrected chi connectivity index (χ3v) is 3.55. The molecule has 7 nitrogen and oxygen atoms in total. The van der Waals surface area contributed by atoms with Gasteiger partial charge in [0.25, 0.3) is 18.2 Å². The number of anilines is 2. The molecule has 2 amide bonds. The van der Waals surface area contributed by atoms with Gasteiger partial charge >= 0.3 is 0 Å². The molecule has 3 aromatic rings. The van der Waals surface area contributed by atoms with E-state index in [9.17, 15) is 18.4 Å². The predicted octanol–water partition coefficient (Wildman–Crippen LogP) is 3.75. The molecule has 0 radical (unpaired) electrons. The molecule has 0 saturated heterocycles. The van der Waals surface area contributed by atoms with Crippen molar-refractivity contribution in [1.29, 1.82) is 0 Å². The van der Waals surface area contributed by atoms with Crippen molar-refractivity contribution in [2.45, 2.75) is 13.3 Å². The lowest BCUT2D eigenvalue weighted by atomic mass is 10.1. The molecule has 3 rings (SSSR count). The van der Waals surface area contributed by atoms with E-state index in [2.05, 4.69) is 20.8 Å². The van der Waals surface area contributed by atoms with Gasteiger partial charge in [0.05, 0.1) is 17.6 Å². The molecular weight excluding hydrogens is 346 g/mol. The van der Waals surface area contributed by atoms with Gasteiger partial charge in [-0.15, -0.1) is 0 Å². The maximum absolute atomic E-state index is 12.9. The zero-order chi connectivity index (χ0) is 18.7. The highest BCUT2D eigenvalue weighted by atomic mass is 19.3. The summed E-state index contributed by atoms with van der Waals surface area (Å²) < 4.78 is 30.9. The standard InChI is InChI=1S/C17H14F2N4O3/c1-9-13(14(15(18)19)23-22-9)21-16(24)10-4-2-5-11(8-10)20-17(25)12-6-3-7-26-12/h2-8,15H,1H3,(H,20,25)(H,21,24)(H,22,23). The Kier molecular flexibility index (Phi) is 4.78. The fraction of sp³-hybridized carbons (Fsp3) is 0.118. The summed E-state index contributed by atoms with van der Waals surface area (Å²) in [5, 5.41) is 10.9. The molecular formula is C17H14F2N4O3. The molecule has 9 heteroatoms. The van der Waals surface area contributed by atoms with E-state index in [1.54, 1.807) is 18.2 Å². The van der Waals surface area contributed by atoms with E-state index in [0.29, 0.717) is 11.4 Å². The molecule has 26 heavy (non-hydrogen) atoms. The number of halogens is 2. The van der Waals surface area contributed by atoms with Gasteiger partial charge in [0.2, 0.25) is 0 Å². The van der Waals surface area contributed by atoms with Crippen LogP contribution in [0.5, 0.6) is 0 Å². The second-order valence-electron chi connectivity index (χ2n) is 5.38. The lowest BCUT2D eigenvalue weighted by molar-refractivity contribution is 0.0993. The minimum Gasteiger partial charge on any atom is -0.459 e. The summed E-state index contributed by atoms with van der Waals surface area (Å²) in [5.74, 6) is -0.959. The number of hydrogen-bond acceptors (Lipinski definition) is 4. The molecule has 0 unspecified atom stereocenters. The third-order valence-electron chi connectivity index (χ3n) is 3.55. The largest absolute Gasteiger partial charge is 0.459 e. The number of rotatable bonds is 5. The summed E-state index contributed by atoms with van der Waals surface area (Å²) in [7, 11) is 0. The molecule has 0 fully saturated rings. The van der Waals surface area contributed by atoms with Crippen LogP contribution >= 0.6 is 0 Å². The molecule has 0 bridgehead atoms. The second-order valence-corrected chi connectivity index (χ2v) is 5.38. The van der Waals surface area contributed by atoms with Crippen molar-refractivity contribution in [3.63, 3.8) is 0 Å². The van der Waals surface area contributed by atoms with E-state index < -0.39 is 23.9 Å².